The highest BCUT2D eigenvalue weighted by Crippen LogP contribution is 2.41. The normalized spacial score (nSPS) is 31.6. The van der Waals surface area contributed by atoms with Gasteiger partial charge in [-0.3, -0.25) is 0 Å². The molecule has 2 saturated carbocycles. The van der Waals surface area contributed by atoms with Crippen molar-refractivity contribution in [2.45, 2.75) is 63.9 Å². The summed E-state index contributed by atoms with van der Waals surface area (Å²) in [6.07, 6.45) is 2.10. The van der Waals surface area contributed by atoms with Gasteiger partial charge in [0.05, 0.1) is 6.10 Å². The zero-order valence-electron chi connectivity index (χ0n) is 13.8. The second-order valence-corrected chi connectivity index (χ2v) is 7.36. The first-order valence-electron chi connectivity index (χ1n) is 8.36. The van der Waals surface area contributed by atoms with Gasteiger partial charge in [-0.1, -0.05) is 44.2 Å². The van der Waals surface area contributed by atoms with Crippen LogP contribution in [0.1, 0.15) is 38.7 Å². The molecule has 0 aromatic heterocycles. The minimum absolute atomic E-state index is 0.0485. The van der Waals surface area contributed by atoms with Gasteiger partial charge in [0, 0.05) is 23.5 Å². The molecule has 2 aliphatic carbocycles. The monoisotopic (exact) mass is 318 g/mol. The molecule has 23 heavy (non-hydrogen) atoms. The quantitative estimate of drug-likeness (QED) is 0.778. The van der Waals surface area contributed by atoms with Crippen LogP contribution in [0.15, 0.2) is 30.3 Å². The van der Waals surface area contributed by atoms with Crippen molar-refractivity contribution in [3.63, 3.8) is 0 Å². The van der Waals surface area contributed by atoms with Gasteiger partial charge in [-0.05, 0) is 24.8 Å². The van der Waals surface area contributed by atoms with E-state index in [0.717, 1.165) is 24.8 Å². The maximum absolute atomic E-state index is 11.8. The maximum Gasteiger partial charge on any atom is 0.407 e. The predicted octanol–water partition coefficient (Wildman–Crippen LogP) is 2.19. The third-order valence-electron chi connectivity index (χ3n) is 5.33. The van der Waals surface area contributed by atoms with E-state index in [9.17, 15) is 9.90 Å². The van der Waals surface area contributed by atoms with E-state index in [2.05, 4.69) is 24.5 Å². The molecule has 126 valence electrons. The van der Waals surface area contributed by atoms with Crippen LogP contribution in [0.4, 0.5) is 4.79 Å². The van der Waals surface area contributed by atoms with Crippen LogP contribution in [0.2, 0.25) is 0 Å². The molecule has 3 rings (SSSR count). The fourth-order valence-corrected chi connectivity index (χ4v) is 3.27. The molecule has 2 fully saturated rings. The second-order valence-electron chi connectivity index (χ2n) is 7.36. The van der Waals surface area contributed by atoms with Crippen LogP contribution < -0.4 is 10.6 Å². The van der Waals surface area contributed by atoms with Crippen molar-refractivity contribution in [2.75, 3.05) is 0 Å². The van der Waals surface area contributed by atoms with Gasteiger partial charge < -0.3 is 20.5 Å². The second kappa shape index (κ2) is 6.49. The fraction of sp³-hybridized carbons (Fsp3) is 0.611. The Labute approximate surface area is 137 Å². The highest BCUT2D eigenvalue weighted by atomic mass is 16.5. The molecule has 0 radical (unpaired) electrons. The Morgan fingerprint density at radius 3 is 2.52 bits per heavy atom. The molecule has 2 unspecified atom stereocenters. The van der Waals surface area contributed by atoms with Crippen LogP contribution in [-0.4, -0.2) is 35.4 Å². The summed E-state index contributed by atoms with van der Waals surface area (Å²) in [5.41, 5.74) is 0.939. The summed E-state index contributed by atoms with van der Waals surface area (Å²) >= 11 is 0. The van der Waals surface area contributed by atoms with E-state index in [0.29, 0.717) is 18.7 Å². The number of alkyl carbamates (subject to hydrolysis) is 1. The number of carbonyl (C=O) groups excluding carboxylic acids is 1. The van der Waals surface area contributed by atoms with Crippen molar-refractivity contribution < 1.29 is 14.6 Å². The summed E-state index contributed by atoms with van der Waals surface area (Å²) in [5, 5.41) is 16.2. The van der Waals surface area contributed by atoms with Gasteiger partial charge in [-0.2, -0.15) is 0 Å². The average Bonchev–Trinajstić information content (AvgIpc) is 2.51. The fourth-order valence-electron chi connectivity index (χ4n) is 3.27. The SMILES string of the molecule is CC1(C)C(O)CC1NC1CC(NC(=O)OCc2ccccc2)C1. The van der Waals surface area contributed by atoms with Crippen LogP contribution in [0.3, 0.4) is 0 Å². The van der Waals surface area contributed by atoms with Crippen LogP contribution in [0, 0.1) is 5.41 Å². The molecule has 0 heterocycles. The smallest absolute Gasteiger partial charge is 0.407 e. The number of aliphatic hydroxyl groups excluding tert-OH is 1. The number of amides is 1. The van der Waals surface area contributed by atoms with E-state index in [4.69, 9.17) is 4.74 Å². The molecule has 1 aromatic rings. The molecule has 2 atom stereocenters. The molecular formula is C18H26N2O3. The van der Waals surface area contributed by atoms with Gasteiger partial charge in [0.15, 0.2) is 0 Å². The third-order valence-corrected chi connectivity index (χ3v) is 5.33. The highest BCUT2D eigenvalue weighted by molar-refractivity contribution is 5.67. The van der Waals surface area contributed by atoms with E-state index in [1.165, 1.54) is 0 Å². The van der Waals surface area contributed by atoms with Crippen molar-refractivity contribution in [3.05, 3.63) is 35.9 Å². The number of hydrogen-bond acceptors (Lipinski definition) is 4. The molecular weight excluding hydrogens is 292 g/mol. The van der Waals surface area contributed by atoms with Gasteiger partial charge in [-0.25, -0.2) is 4.79 Å². The molecule has 1 aromatic carbocycles. The lowest BCUT2D eigenvalue weighted by Crippen LogP contribution is -2.65. The number of carbonyl (C=O) groups is 1. The summed E-state index contributed by atoms with van der Waals surface area (Å²) in [5.74, 6) is 0. The largest absolute Gasteiger partial charge is 0.445 e. The number of hydrogen-bond donors (Lipinski definition) is 3. The Kier molecular flexibility index (Phi) is 4.60. The van der Waals surface area contributed by atoms with Crippen molar-refractivity contribution in [1.29, 1.82) is 0 Å². The zero-order valence-corrected chi connectivity index (χ0v) is 13.8. The standard InChI is InChI=1S/C18H26N2O3/c1-18(2)15(10-16(18)21)19-13-8-14(9-13)20-17(22)23-11-12-6-4-3-5-7-12/h3-7,13-16,19,21H,8-11H2,1-2H3,(H,20,22). The lowest BCUT2D eigenvalue weighted by Gasteiger charge is -2.52. The van der Waals surface area contributed by atoms with Crippen molar-refractivity contribution in [2.24, 2.45) is 5.41 Å². The Morgan fingerprint density at radius 1 is 1.22 bits per heavy atom. The van der Waals surface area contributed by atoms with E-state index < -0.39 is 0 Å². The van der Waals surface area contributed by atoms with Gasteiger partial charge in [-0.15, -0.1) is 0 Å². The summed E-state index contributed by atoms with van der Waals surface area (Å²) in [7, 11) is 0. The summed E-state index contributed by atoms with van der Waals surface area (Å²) in [6.45, 7) is 4.48. The highest BCUT2D eigenvalue weighted by Gasteiger charge is 2.48. The maximum atomic E-state index is 11.8. The number of ether oxygens (including phenoxy) is 1. The summed E-state index contributed by atoms with van der Waals surface area (Å²) < 4.78 is 5.23. The van der Waals surface area contributed by atoms with Crippen LogP contribution in [-0.2, 0) is 11.3 Å². The molecule has 5 heteroatoms. The molecule has 0 saturated heterocycles. The minimum atomic E-state index is -0.350. The third kappa shape index (κ3) is 3.67. The number of aliphatic hydroxyl groups is 1. The first kappa shape index (κ1) is 16.3. The lowest BCUT2D eigenvalue weighted by atomic mass is 9.64. The number of benzene rings is 1. The average molecular weight is 318 g/mol. The first-order chi connectivity index (χ1) is 10.9. The molecule has 0 spiro atoms. The molecule has 0 bridgehead atoms. The van der Waals surface area contributed by atoms with Gasteiger partial charge >= 0.3 is 6.09 Å². The molecule has 5 nitrogen and oxygen atoms in total. The molecule has 1 amide bonds. The van der Waals surface area contributed by atoms with Crippen LogP contribution in [0.5, 0.6) is 0 Å². The number of nitrogens with one attached hydrogen (secondary N) is 2. The van der Waals surface area contributed by atoms with E-state index >= 15 is 0 Å². The molecule has 2 aliphatic rings. The Bertz CT molecular complexity index is 540. The minimum Gasteiger partial charge on any atom is -0.445 e. The predicted molar refractivity (Wildman–Crippen MR) is 87.9 cm³/mol. The topological polar surface area (TPSA) is 70.6 Å². The summed E-state index contributed by atoms with van der Waals surface area (Å²) in [4.78, 5) is 11.8. The van der Waals surface area contributed by atoms with Crippen molar-refractivity contribution in [1.82, 2.24) is 10.6 Å². The Hall–Kier alpha value is -1.59. The lowest BCUT2D eigenvalue weighted by molar-refractivity contribution is -0.0796. The first-order valence-corrected chi connectivity index (χ1v) is 8.36. The number of rotatable bonds is 5. The van der Waals surface area contributed by atoms with Gasteiger partial charge in [0.25, 0.3) is 0 Å². The van der Waals surface area contributed by atoms with Crippen LogP contribution in [0.25, 0.3) is 0 Å². The Balaban J connectivity index is 1.32. The van der Waals surface area contributed by atoms with Gasteiger partial charge in [0.1, 0.15) is 6.61 Å². The van der Waals surface area contributed by atoms with Crippen molar-refractivity contribution >= 4 is 6.09 Å². The Morgan fingerprint density at radius 2 is 1.91 bits per heavy atom. The molecule has 3 N–H and O–H groups in total. The zero-order chi connectivity index (χ0) is 16.4. The van der Waals surface area contributed by atoms with Crippen LogP contribution >= 0.6 is 0 Å². The van der Waals surface area contributed by atoms with E-state index in [1.54, 1.807) is 0 Å². The van der Waals surface area contributed by atoms with E-state index in [-0.39, 0.29) is 23.7 Å². The summed E-state index contributed by atoms with van der Waals surface area (Å²) in [6, 6.07) is 10.6. The van der Waals surface area contributed by atoms with Crippen molar-refractivity contribution in [3.8, 4) is 0 Å². The van der Waals surface area contributed by atoms with Gasteiger partial charge in [0.2, 0.25) is 0 Å². The van der Waals surface area contributed by atoms with E-state index in [1.807, 2.05) is 30.3 Å². The molecule has 0 aliphatic heterocycles.